The number of benzene rings is 2. The molecule has 7 heteroatoms. The van der Waals surface area contributed by atoms with E-state index >= 15 is 0 Å². The van der Waals surface area contributed by atoms with Crippen LogP contribution < -0.4 is 4.74 Å². The van der Waals surface area contributed by atoms with Crippen molar-refractivity contribution in [3.05, 3.63) is 59.7 Å². The zero-order valence-electron chi connectivity index (χ0n) is 17.0. The van der Waals surface area contributed by atoms with E-state index in [0.29, 0.717) is 18.8 Å². The summed E-state index contributed by atoms with van der Waals surface area (Å²) in [7, 11) is 0. The van der Waals surface area contributed by atoms with Crippen LogP contribution in [0.1, 0.15) is 37.3 Å². The van der Waals surface area contributed by atoms with Gasteiger partial charge >= 0.3 is 6.18 Å². The molecule has 0 amide bonds. The summed E-state index contributed by atoms with van der Waals surface area (Å²) >= 11 is 0. The van der Waals surface area contributed by atoms with Crippen molar-refractivity contribution in [2.75, 3.05) is 19.7 Å². The number of aliphatic hydroxyl groups excluding tert-OH is 2. The number of likely N-dealkylation sites (tertiary alicyclic amines) is 1. The molecule has 0 unspecified atom stereocenters. The average Bonchev–Trinajstić information content (AvgIpc) is 2.70. The molecule has 0 aliphatic carbocycles. The number of piperidine rings is 1. The van der Waals surface area contributed by atoms with E-state index in [1.807, 2.05) is 13.0 Å². The summed E-state index contributed by atoms with van der Waals surface area (Å²) in [5.41, 5.74) is -0.240. The second-order valence-electron chi connectivity index (χ2n) is 8.05. The van der Waals surface area contributed by atoms with Gasteiger partial charge in [-0.05, 0) is 55.3 Å². The quantitative estimate of drug-likeness (QED) is 0.669. The topological polar surface area (TPSA) is 52.9 Å². The highest BCUT2D eigenvalue weighted by Crippen LogP contribution is 2.37. The number of nitrogens with zero attached hydrogens (tertiary/aromatic N) is 1. The second kappa shape index (κ2) is 9.37. The molecule has 2 N–H and O–H groups in total. The van der Waals surface area contributed by atoms with Gasteiger partial charge in [0.25, 0.3) is 0 Å². The third-order valence-corrected chi connectivity index (χ3v) is 5.83. The number of rotatable bonds is 7. The molecular formula is C23H28F3NO3. The Morgan fingerprint density at radius 3 is 2.47 bits per heavy atom. The summed E-state index contributed by atoms with van der Waals surface area (Å²) in [4.78, 5) is 2.12. The second-order valence-corrected chi connectivity index (χ2v) is 8.05. The first-order valence-corrected chi connectivity index (χ1v) is 10.2. The van der Waals surface area contributed by atoms with Gasteiger partial charge in [-0.3, -0.25) is 4.90 Å². The Balaban J connectivity index is 1.66. The zero-order chi connectivity index (χ0) is 21.8. The first-order valence-electron chi connectivity index (χ1n) is 10.2. The van der Waals surface area contributed by atoms with Crippen LogP contribution in [0.5, 0.6) is 11.5 Å². The number of halogens is 3. The molecule has 1 fully saturated rings. The molecular weight excluding hydrogens is 395 g/mol. The first kappa shape index (κ1) is 22.6. The Kier molecular flexibility index (Phi) is 7.06. The van der Waals surface area contributed by atoms with Gasteiger partial charge in [0.05, 0.1) is 18.3 Å². The predicted molar refractivity (Wildman–Crippen MR) is 108 cm³/mol. The molecule has 0 spiro atoms. The van der Waals surface area contributed by atoms with E-state index in [2.05, 4.69) is 4.90 Å². The molecule has 4 nitrogen and oxygen atoms in total. The van der Waals surface area contributed by atoms with E-state index in [0.717, 1.165) is 43.5 Å². The van der Waals surface area contributed by atoms with Crippen molar-refractivity contribution in [1.82, 2.24) is 4.90 Å². The van der Waals surface area contributed by atoms with E-state index < -0.39 is 23.3 Å². The largest absolute Gasteiger partial charge is 0.457 e. The number of aliphatic hydroxyl groups is 2. The van der Waals surface area contributed by atoms with E-state index in [1.165, 1.54) is 12.1 Å². The van der Waals surface area contributed by atoms with Crippen molar-refractivity contribution in [3.63, 3.8) is 0 Å². The molecule has 3 rings (SSSR count). The first-order chi connectivity index (χ1) is 14.3. The van der Waals surface area contributed by atoms with Gasteiger partial charge in [-0.2, -0.15) is 13.2 Å². The molecule has 1 aliphatic rings. The lowest BCUT2D eigenvalue weighted by Gasteiger charge is -2.44. The fourth-order valence-electron chi connectivity index (χ4n) is 4.11. The zero-order valence-corrected chi connectivity index (χ0v) is 17.0. The molecule has 0 bridgehead atoms. The highest BCUT2D eigenvalue weighted by Gasteiger charge is 2.41. The number of alkyl halides is 3. The van der Waals surface area contributed by atoms with Crippen molar-refractivity contribution in [3.8, 4) is 11.5 Å². The molecule has 0 saturated carbocycles. The van der Waals surface area contributed by atoms with E-state index in [1.54, 1.807) is 18.2 Å². The van der Waals surface area contributed by atoms with Crippen molar-refractivity contribution in [2.24, 2.45) is 5.41 Å². The average molecular weight is 423 g/mol. The molecule has 1 saturated heterocycles. The van der Waals surface area contributed by atoms with Gasteiger partial charge in [0.1, 0.15) is 11.5 Å². The van der Waals surface area contributed by atoms with Crippen molar-refractivity contribution in [2.45, 2.75) is 45.0 Å². The van der Waals surface area contributed by atoms with E-state index in [-0.39, 0.29) is 12.4 Å². The highest BCUT2D eigenvalue weighted by atomic mass is 19.4. The summed E-state index contributed by atoms with van der Waals surface area (Å²) < 4.78 is 44.3. The molecule has 2 aromatic carbocycles. The fourth-order valence-corrected chi connectivity index (χ4v) is 4.11. The van der Waals surface area contributed by atoms with Crippen molar-refractivity contribution in [1.29, 1.82) is 0 Å². The number of ether oxygens (including phenoxy) is 1. The van der Waals surface area contributed by atoms with Crippen LogP contribution in [0.15, 0.2) is 48.5 Å². The van der Waals surface area contributed by atoms with Crippen molar-refractivity contribution >= 4 is 0 Å². The number of hydrogen-bond acceptors (Lipinski definition) is 4. The molecule has 0 radical (unpaired) electrons. The summed E-state index contributed by atoms with van der Waals surface area (Å²) in [6.45, 7) is 3.85. The van der Waals surface area contributed by atoms with Crippen LogP contribution in [0.4, 0.5) is 13.2 Å². The van der Waals surface area contributed by atoms with Gasteiger partial charge < -0.3 is 14.9 Å². The monoisotopic (exact) mass is 423 g/mol. The summed E-state index contributed by atoms with van der Waals surface area (Å²) in [5.74, 6) is 0.586. The maximum absolute atomic E-state index is 12.9. The van der Waals surface area contributed by atoms with Gasteiger partial charge in [-0.15, -0.1) is 0 Å². The summed E-state index contributed by atoms with van der Waals surface area (Å²) in [5, 5.41) is 20.4. The maximum atomic E-state index is 12.9. The lowest BCUT2D eigenvalue weighted by Crippen LogP contribution is -2.52. The van der Waals surface area contributed by atoms with Gasteiger partial charge in [-0.25, -0.2) is 0 Å². The molecule has 164 valence electrons. The van der Waals surface area contributed by atoms with Gasteiger partial charge in [0.15, 0.2) is 0 Å². The Bertz CT molecular complexity index is 842. The SMILES string of the molecule is CCC[C@]1(CO)CCN(Cc2cccc(Oc3cccc(C(F)(F)F)c3)c2)C[C@H]1O. The third kappa shape index (κ3) is 5.33. The van der Waals surface area contributed by atoms with Crippen LogP contribution in [0.3, 0.4) is 0 Å². The normalized spacial score (nSPS) is 22.8. The number of hydrogen-bond donors (Lipinski definition) is 2. The molecule has 2 atom stereocenters. The Labute approximate surface area is 174 Å². The minimum Gasteiger partial charge on any atom is -0.457 e. The maximum Gasteiger partial charge on any atom is 0.416 e. The molecule has 1 aliphatic heterocycles. The molecule has 30 heavy (non-hydrogen) atoms. The number of β-amino-alcohol motifs (C(OH)–C–C–N with tert-alkyl or cyclic N) is 1. The van der Waals surface area contributed by atoms with E-state index in [9.17, 15) is 23.4 Å². The minimum atomic E-state index is -4.42. The Morgan fingerprint density at radius 1 is 1.13 bits per heavy atom. The summed E-state index contributed by atoms with van der Waals surface area (Å²) in [6.07, 6.45) is -2.59. The smallest absolute Gasteiger partial charge is 0.416 e. The highest BCUT2D eigenvalue weighted by molar-refractivity contribution is 5.36. The Morgan fingerprint density at radius 2 is 1.83 bits per heavy atom. The minimum absolute atomic E-state index is 0.0177. The third-order valence-electron chi connectivity index (χ3n) is 5.83. The fraction of sp³-hybridized carbons (Fsp3) is 0.478. The summed E-state index contributed by atoms with van der Waals surface area (Å²) in [6, 6.07) is 12.0. The molecule has 1 heterocycles. The van der Waals surface area contributed by atoms with Crippen LogP contribution in [0, 0.1) is 5.41 Å². The van der Waals surface area contributed by atoms with Crippen LogP contribution in [-0.4, -0.2) is 40.9 Å². The van der Waals surface area contributed by atoms with E-state index in [4.69, 9.17) is 4.74 Å². The predicted octanol–water partition coefficient (Wildman–Crippen LogP) is 4.84. The standard InChI is InChI=1S/C23H28F3NO3/c1-2-9-22(16-28)10-11-27(15-21(22)29)14-17-5-3-7-19(12-17)30-20-8-4-6-18(13-20)23(24,25)26/h3-8,12-13,21,28-29H,2,9-11,14-16H2,1H3/t21-,22-/m1/s1. The Hall–Kier alpha value is -2.09. The lowest BCUT2D eigenvalue weighted by molar-refractivity contribution is -0.137. The van der Waals surface area contributed by atoms with Gasteiger partial charge in [-0.1, -0.05) is 31.5 Å². The van der Waals surface area contributed by atoms with Crippen LogP contribution in [0.2, 0.25) is 0 Å². The molecule has 0 aromatic heterocycles. The van der Waals surface area contributed by atoms with Gasteiger partial charge in [0.2, 0.25) is 0 Å². The molecule has 2 aromatic rings. The van der Waals surface area contributed by atoms with Gasteiger partial charge in [0, 0.05) is 18.5 Å². The lowest BCUT2D eigenvalue weighted by atomic mass is 9.73. The van der Waals surface area contributed by atoms with Crippen LogP contribution in [-0.2, 0) is 12.7 Å². The van der Waals surface area contributed by atoms with Crippen LogP contribution >= 0.6 is 0 Å². The van der Waals surface area contributed by atoms with Crippen LogP contribution in [0.25, 0.3) is 0 Å². The van der Waals surface area contributed by atoms with Crippen molar-refractivity contribution < 1.29 is 28.1 Å².